The number of aliphatic hydroxyl groups excluding tert-OH is 1. The summed E-state index contributed by atoms with van der Waals surface area (Å²) in [6.07, 6.45) is -0.734. The molecule has 0 saturated carbocycles. The van der Waals surface area contributed by atoms with E-state index >= 15 is 0 Å². The maximum absolute atomic E-state index is 11.5. The van der Waals surface area contributed by atoms with Gasteiger partial charge in [-0.15, -0.1) is 0 Å². The maximum atomic E-state index is 11.5. The van der Waals surface area contributed by atoms with Crippen molar-refractivity contribution >= 4 is 5.97 Å². The molecule has 1 unspecified atom stereocenters. The zero-order chi connectivity index (χ0) is 13.5. The summed E-state index contributed by atoms with van der Waals surface area (Å²) in [7, 11) is 1.53. The lowest BCUT2D eigenvalue weighted by Crippen LogP contribution is -2.26. The largest absolute Gasteiger partial charge is 0.497 e. The number of carbonyl (C=O) groups is 1. The second-order valence-corrected chi connectivity index (χ2v) is 3.64. The van der Waals surface area contributed by atoms with E-state index in [9.17, 15) is 9.90 Å². The summed E-state index contributed by atoms with van der Waals surface area (Å²) in [6.45, 7) is 3.46. The molecular formula is C13H18O5. The first-order chi connectivity index (χ1) is 8.62. The van der Waals surface area contributed by atoms with Gasteiger partial charge >= 0.3 is 5.97 Å². The fourth-order valence-electron chi connectivity index (χ4n) is 1.40. The van der Waals surface area contributed by atoms with E-state index in [0.29, 0.717) is 23.7 Å². The number of methoxy groups -OCH3 is 1. The van der Waals surface area contributed by atoms with Crippen molar-refractivity contribution in [1.29, 1.82) is 0 Å². The highest BCUT2D eigenvalue weighted by molar-refractivity contribution is 5.74. The highest BCUT2D eigenvalue weighted by Gasteiger charge is 2.17. The van der Waals surface area contributed by atoms with Gasteiger partial charge in [-0.1, -0.05) is 0 Å². The number of carbonyl (C=O) groups excluding carboxylic acids is 1. The molecule has 0 fully saturated rings. The number of ether oxygens (including phenoxy) is 3. The van der Waals surface area contributed by atoms with Crippen LogP contribution in [-0.4, -0.2) is 30.9 Å². The van der Waals surface area contributed by atoms with E-state index in [1.54, 1.807) is 32.0 Å². The van der Waals surface area contributed by atoms with Crippen LogP contribution in [0.1, 0.15) is 19.4 Å². The number of benzene rings is 1. The van der Waals surface area contributed by atoms with Gasteiger partial charge in [0, 0.05) is 11.6 Å². The van der Waals surface area contributed by atoms with Gasteiger partial charge in [-0.3, -0.25) is 0 Å². The van der Waals surface area contributed by atoms with E-state index < -0.39 is 12.1 Å². The molecule has 0 aromatic heterocycles. The Morgan fingerprint density at radius 3 is 2.72 bits per heavy atom. The first kappa shape index (κ1) is 14.3. The number of esters is 1. The predicted molar refractivity (Wildman–Crippen MR) is 65.6 cm³/mol. The quantitative estimate of drug-likeness (QED) is 0.780. The van der Waals surface area contributed by atoms with Crippen LogP contribution in [0.25, 0.3) is 0 Å². The van der Waals surface area contributed by atoms with Gasteiger partial charge in [0.1, 0.15) is 11.5 Å². The van der Waals surface area contributed by atoms with Crippen LogP contribution < -0.4 is 9.47 Å². The third kappa shape index (κ3) is 3.63. The third-order valence-electron chi connectivity index (χ3n) is 2.37. The van der Waals surface area contributed by atoms with Crippen LogP contribution in [0.5, 0.6) is 11.5 Å². The van der Waals surface area contributed by atoms with Crippen molar-refractivity contribution in [3.05, 3.63) is 23.8 Å². The molecule has 0 saturated heterocycles. The lowest BCUT2D eigenvalue weighted by Gasteiger charge is -2.16. The molecule has 18 heavy (non-hydrogen) atoms. The highest BCUT2D eigenvalue weighted by atomic mass is 16.6. The molecule has 0 bridgehead atoms. The van der Waals surface area contributed by atoms with Crippen molar-refractivity contribution in [2.75, 3.05) is 13.7 Å². The van der Waals surface area contributed by atoms with E-state index in [0.717, 1.165) is 0 Å². The van der Waals surface area contributed by atoms with Crippen molar-refractivity contribution in [3.63, 3.8) is 0 Å². The molecule has 0 heterocycles. The summed E-state index contributed by atoms with van der Waals surface area (Å²) >= 11 is 0. The van der Waals surface area contributed by atoms with Gasteiger partial charge in [0.05, 0.1) is 20.3 Å². The molecule has 5 nitrogen and oxygen atoms in total. The van der Waals surface area contributed by atoms with Gasteiger partial charge in [0.15, 0.2) is 6.10 Å². The Morgan fingerprint density at radius 1 is 1.44 bits per heavy atom. The summed E-state index contributed by atoms with van der Waals surface area (Å²) in [5, 5.41) is 9.20. The SMILES string of the molecule is CCOC(=O)C(C)Oc1cc(OC)ccc1CO. The number of hydrogen-bond acceptors (Lipinski definition) is 5. The average Bonchev–Trinajstić information content (AvgIpc) is 2.38. The second kappa shape index (κ2) is 6.86. The second-order valence-electron chi connectivity index (χ2n) is 3.64. The van der Waals surface area contributed by atoms with E-state index in [-0.39, 0.29) is 6.61 Å². The van der Waals surface area contributed by atoms with Crippen LogP contribution in [0, 0.1) is 0 Å². The molecule has 1 atom stereocenters. The Morgan fingerprint density at radius 2 is 2.17 bits per heavy atom. The Labute approximate surface area is 106 Å². The van der Waals surface area contributed by atoms with Crippen LogP contribution >= 0.6 is 0 Å². The molecule has 0 spiro atoms. The molecule has 1 N–H and O–H groups in total. The minimum Gasteiger partial charge on any atom is -0.497 e. The summed E-state index contributed by atoms with van der Waals surface area (Å²) in [6, 6.07) is 5.03. The summed E-state index contributed by atoms with van der Waals surface area (Å²) in [4.78, 5) is 11.5. The zero-order valence-corrected chi connectivity index (χ0v) is 10.8. The van der Waals surface area contributed by atoms with Crippen molar-refractivity contribution in [1.82, 2.24) is 0 Å². The number of rotatable bonds is 6. The van der Waals surface area contributed by atoms with Gasteiger partial charge in [0.25, 0.3) is 0 Å². The Kier molecular flexibility index (Phi) is 5.45. The Bertz CT molecular complexity index is 402. The number of aliphatic hydroxyl groups is 1. The monoisotopic (exact) mass is 254 g/mol. The van der Waals surface area contributed by atoms with Crippen LogP contribution in [0.4, 0.5) is 0 Å². The first-order valence-corrected chi connectivity index (χ1v) is 5.73. The lowest BCUT2D eigenvalue weighted by molar-refractivity contribution is -0.150. The minimum absolute atomic E-state index is 0.172. The molecule has 0 amide bonds. The van der Waals surface area contributed by atoms with Crippen molar-refractivity contribution < 1.29 is 24.1 Å². The van der Waals surface area contributed by atoms with Crippen LogP contribution in [0.2, 0.25) is 0 Å². The molecule has 1 aromatic carbocycles. The van der Waals surface area contributed by atoms with Gasteiger partial charge in [-0.2, -0.15) is 0 Å². The van der Waals surface area contributed by atoms with E-state index in [4.69, 9.17) is 14.2 Å². The molecule has 0 aliphatic carbocycles. The Balaban J connectivity index is 2.84. The summed E-state index contributed by atoms with van der Waals surface area (Å²) in [5.41, 5.74) is 0.590. The van der Waals surface area contributed by atoms with Crippen molar-refractivity contribution in [2.45, 2.75) is 26.6 Å². The third-order valence-corrected chi connectivity index (χ3v) is 2.37. The first-order valence-electron chi connectivity index (χ1n) is 5.73. The topological polar surface area (TPSA) is 65.0 Å². The van der Waals surface area contributed by atoms with E-state index in [2.05, 4.69) is 0 Å². The van der Waals surface area contributed by atoms with Gasteiger partial charge in [0.2, 0.25) is 0 Å². The van der Waals surface area contributed by atoms with Crippen molar-refractivity contribution in [2.24, 2.45) is 0 Å². The zero-order valence-electron chi connectivity index (χ0n) is 10.8. The summed E-state index contributed by atoms with van der Waals surface area (Å²) in [5.74, 6) is 0.569. The molecule has 1 aromatic rings. The molecule has 1 rings (SSSR count). The lowest BCUT2D eigenvalue weighted by atomic mass is 10.2. The molecule has 100 valence electrons. The predicted octanol–water partition coefficient (Wildman–Crippen LogP) is 1.52. The standard InChI is InChI=1S/C13H18O5/c1-4-17-13(15)9(2)18-12-7-11(16-3)6-5-10(12)8-14/h5-7,9,14H,4,8H2,1-3H3. The van der Waals surface area contributed by atoms with E-state index in [1.165, 1.54) is 7.11 Å². The van der Waals surface area contributed by atoms with E-state index in [1.807, 2.05) is 0 Å². The number of hydrogen-bond donors (Lipinski definition) is 1. The van der Waals surface area contributed by atoms with Crippen LogP contribution in [0.3, 0.4) is 0 Å². The molecular weight excluding hydrogens is 236 g/mol. The van der Waals surface area contributed by atoms with Crippen LogP contribution in [0.15, 0.2) is 18.2 Å². The van der Waals surface area contributed by atoms with Crippen molar-refractivity contribution in [3.8, 4) is 11.5 Å². The minimum atomic E-state index is -0.734. The van der Waals surface area contributed by atoms with Crippen LogP contribution in [-0.2, 0) is 16.1 Å². The maximum Gasteiger partial charge on any atom is 0.347 e. The normalized spacial score (nSPS) is 11.8. The summed E-state index contributed by atoms with van der Waals surface area (Å²) < 4.78 is 15.4. The fraction of sp³-hybridized carbons (Fsp3) is 0.462. The average molecular weight is 254 g/mol. The highest BCUT2D eigenvalue weighted by Crippen LogP contribution is 2.26. The molecule has 5 heteroatoms. The smallest absolute Gasteiger partial charge is 0.347 e. The molecule has 0 aliphatic heterocycles. The molecule has 0 aliphatic rings. The van der Waals surface area contributed by atoms with Gasteiger partial charge < -0.3 is 19.3 Å². The molecule has 0 radical (unpaired) electrons. The van der Waals surface area contributed by atoms with Gasteiger partial charge in [-0.05, 0) is 26.0 Å². The van der Waals surface area contributed by atoms with Gasteiger partial charge in [-0.25, -0.2) is 4.79 Å². The Hall–Kier alpha value is -1.75. The fourth-order valence-corrected chi connectivity index (χ4v) is 1.40.